The normalized spacial score (nSPS) is 18.2. The number of H-pyrrole nitrogens is 1. The quantitative estimate of drug-likeness (QED) is 0.714. The molecule has 2 aromatic heterocycles. The van der Waals surface area contributed by atoms with Crippen LogP contribution in [0.25, 0.3) is 0 Å². The number of halogens is 1. The molecule has 0 bridgehead atoms. The monoisotopic (exact) mass is 400 g/mol. The molecule has 3 heterocycles. The van der Waals surface area contributed by atoms with Crippen LogP contribution in [-0.4, -0.2) is 41.0 Å². The predicted octanol–water partition coefficient (Wildman–Crippen LogP) is 3.10. The molecule has 1 atom stereocenters. The summed E-state index contributed by atoms with van der Waals surface area (Å²) in [5.74, 6) is -0.232. The second kappa shape index (κ2) is 7.81. The molecule has 0 aliphatic carbocycles. The second-order valence-electron chi connectivity index (χ2n) is 7.00. The lowest BCUT2D eigenvalue weighted by Gasteiger charge is -2.31. The van der Waals surface area contributed by atoms with E-state index in [2.05, 4.69) is 10.2 Å². The zero-order valence-corrected chi connectivity index (χ0v) is 16.1. The Kier molecular flexibility index (Phi) is 5.23. The fraction of sp³-hybridized carbons (Fsp3) is 0.300. The first-order valence-corrected chi connectivity index (χ1v) is 10.7. The third-order valence-electron chi connectivity index (χ3n) is 5.02. The van der Waals surface area contributed by atoms with Crippen LogP contribution in [0.4, 0.5) is 4.39 Å². The van der Waals surface area contributed by atoms with Crippen LogP contribution in [0.5, 0.6) is 0 Å². The number of aromatic nitrogens is 3. The Balaban J connectivity index is 1.52. The molecule has 0 radical (unpaired) electrons. The second-order valence-corrected chi connectivity index (χ2v) is 8.93. The SMILES string of the molecule is O=S(=O)(c1cn[nH]c1)N1CCC[C@H](c2cccc(Cc3cccc(F)c3)n2)C1. The largest absolute Gasteiger partial charge is 0.284 e. The van der Waals surface area contributed by atoms with Gasteiger partial charge in [-0.05, 0) is 42.7 Å². The molecule has 0 unspecified atom stereocenters. The third kappa shape index (κ3) is 3.98. The van der Waals surface area contributed by atoms with E-state index in [0.717, 1.165) is 29.8 Å². The summed E-state index contributed by atoms with van der Waals surface area (Å²) in [5.41, 5.74) is 2.58. The minimum absolute atomic E-state index is 0.0304. The highest BCUT2D eigenvalue weighted by Gasteiger charge is 2.32. The first kappa shape index (κ1) is 18.8. The van der Waals surface area contributed by atoms with Crippen LogP contribution < -0.4 is 0 Å². The van der Waals surface area contributed by atoms with Crippen molar-refractivity contribution in [1.82, 2.24) is 19.5 Å². The van der Waals surface area contributed by atoms with E-state index in [-0.39, 0.29) is 16.6 Å². The average molecular weight is 400 g/mol. The molecule has 1 aliphatic rings. The zero-order valence-electron chi connectivity index (χ0n) is 15.3. The van der Waals surface area contributed by atoms with E-state index in [1.807, 2.05) is 24.3 Å². The lowest BCUT2D eigenvalue weighted by atomic mass is 9.95. The molecule has 8 heteroatoms. The topological polar surface area (TPSA) is 79.0 Å². The van der Waals surface area contributed by atoms with Gasteiger partial charge in [-0.15, -0.1) is 0 Å². The first-order valence-electron chi connectivity index (χ1n) is 9.21. The molecule has 1 fully saturated rings. The van der Waals surface area contributed by atoms with Crippen LogP contribution in [0.1, 0.15) is 35.7 Å². The van der Waals surface area contributed by atoms with Crippen molar-refractivity contribution in [3.8, 4) is 0 Å². The number of nitrogens with zero attached hydrogens (tertiary/aromatic N) is 3. The van der Waals surface area contributed by atoms with Crippen molar-refractivity contribution >= 4 is 10.0 Å². The summed E-state index contributed by atoms with van der Waals surface area (Å²) in [6, 6.07) is 12.3. The van der Waals surface area contributed by atoms with Crippen molar-refractivity contribution in [3.05, 3.63) is 77.6 Å². The van der Waals surface area contributed by atoms with E-state index >= 15 is 0 Å². The van der Waals surface area contributed by atoms with Crippen LogP contribution in [0.15, 0.2) is 59.8 Å². The number of rotatable bonds is 5. The molecule has 0 amide bonds. The van der Waals surface area contributed by atoms with Gasteiger partial charge in [0.1, 0.15) is 10.7 Å². The van der Waals surface area contributed by atoms with Gasteiger partial charge in [0.25, 0.3) is 0 Å². The van der Waals surface area contributed by atoms with Crippen molar-refractivity contribution < 1.29 is 12.8 Å². The van der Waals surface area contributed by atoms with Crippen molar-refractivity contribution in [1.29, 1.82) is 0 Å². The van der Waals surface area contributed by atoms with E-state index in [1.165, 1.54) is 28.8 Å². The molecule has 1 aromatic carbocycles. The molecule has 3 aromatic rings. The first-order chi connectivity index (χ1) is 13.5. The standard InChI is InChI=1S/C20H21FN4O2S/c21-17-6-1-4-15(10-17)11-18-7-2-8-20(24-18)16-5-3-9-25(14-16)28(26,27)19-12-22-23-13-19/h1-2,4,6-8,10,12-13,16H,3,5,9,11,14H2,(H,22,23)/t16-/m0/s1. The number of hydrogen-bond acceptors (Lipinski definition) is 4. The number of aromatic amines is 1. The highest BCUT2D eigenvalue weighted by Crippen LogP contribution is 2.29. The molecule has 146 valence electrons. The fourth-order valence-electron chi connectivity index (χ4n) is 3.61. The number of benzene rings is 1. The Morgan fingerprint density at radius 3 is 2.86 bits per heavy atom. The molecule has 1 aliphatic heterocycles. The molecular formula is C20H21FN4O2S. The highest BCUT2D eigenvalue weighted by molar-refractivity contribution is 7.89. The minimum atomic E-state index is -3.55. The third-order valence-corrected chi connectivity index (χ3v) is 6.85. The Morgan fingerprint density at radius 2 is 2.07 bits per heavy atom. The van der Waals surface area contributed by atoms with Gasteiger partial charge in [0.15, 0.2) is 0 Å². The summed E-state index contributed by atoms with van der Waals surface area (Å²) in [6.07, 6.45) is 4.92. The molecule has 1 N–H and O–H groups in total. The van der Waals surface area contributed by atoms with Crippen LogP contribution in [0.2, 0.25) is 0 Å². The fourth-order valence-corrected chi connectivity index (χ4v) is 5.04. The summed E-state index contributed by atoms with van der Waals surface area (Å²) >= 11 is 0. The Morgan fingerprint density at radius 1 is 1.21 bits per heavy atom. The Hall–Kier alpha value is -2.58. The lowest BCUT2D eigenvalue weighted by Crippen LogP contribution is -2.39. The number of hydrogen-bond donors (Lipinski definition) is 1. The summed E-state index contributed by atoms with van der Waals surface area (Å²) in [6.45, 7) is 0.886. The zero-order chi connectivity index (χ0) is 19.6. The molecule has 6 nitrogen and oxygen atoms in total. The number of piperidine rings is 1. The summed E-state index contributed by atoms with van der Waals surface area (Å²) in [7, 11) is -3.55. The van der Waals surface area contributed by atoms with E-state index in [4.69, 9.17) is 4.98 Å². The van der Waals surface area contributed by atoms with Gasteiger partial charge in [-0.2, -0.15) is 9.40 Å². The van der Waals surface area contributed by atoms with Gasteiger partial charge in [-0.25, -0.2) is 12.8 Å². The summed E-state index contributed by atoms with van der Waals surface area (Å²) < 4.78 is 40.5. The van der Waals surface area contributed by atoms with E-state index in [0.29, 0.717) is 19.5 Å². The van der Waals surface area contributed by atoms with Gasteiger partial charge >= 0.3 is 0 Å². The van der Waals surface area contributed by atoms with E-state index in [9.17, 15) is 12.8 Å². The van der Waals surface area contributed by atoms with Crippen LogP contribution in [-0.2, 0) is 16.4 Å². The number of pyridine rings is 1. The van der Waals surface area contributed by atoms with Crippen molar-refractivity contribution in [2.24, 2.45) is 0 Å². The smallest absolute Gasteiger partial charge is 0.246 e. The van der Waals surface area contributed by atoms with Crippen molar-refractivity contribution in [2.75, 3.05) is 13.1 Å². The molecule has 1 saturated heterocycles. The van der Waals surface area contributed by atoms with E-state index in [1.54, 1.807) is 6.07 Å². The highest BCUT2D eigenvalue weighted by atomic mass is 32.2. The molecule has 0 saturated carbocycles. The Labute approximate surface area is 163 Å². The lowest BCUT2D eigenvalue weighted by molar-refractivity contribution is 0.312. The van der Waals surface area contributed by atoms with E-state index < -0.39 is 10.0 Å². The van der Waals surface area contributed by atoms with Crippen LogP contribution in [0.3, 0.4) is 0 Å². The van der Waals surface area contributed by atoms with Gasteiger partial charge in [-0.1, -0.05) is 18.2 Å². The maximum atomic E-state index is 13.4. The Bertz CT molecular complexity index is 1050. The number of sulfonamides is 1. The maximum absolute atomic E-state index is 13.4. The molecule has 28 heavy (non-hydrogen) atoms. The van der Waals surface area contributed by atoms with Crippen LogP contribution in [0, 0.1) is 5.82 Å². The molecule has 0 spiro atoms. The average Bonchev–Trinajstić information content (AvgIpc) is 3.24. The predicted molar refractivity (Wildman–Crippen MR) is 103 cm³/mol. The van der Waals surface area contributed by atoms with Gasteiger partial charge < -0.3 is 0 Å². The molecule has 4 rings (SSSR count). The van der Waals surface area contributed by atoms with Gasteiger partial charge in [0.05, 0.1) is 6.20 Å². The van der Waals surface area contributed by atoms with Gasteiger partial charge in [0.2, 0.25) is 10.0 Å². The number of nitrogens with one attached hydrogen (secondary N) is 1. The van der Waals surface area contributed by atoms with Crippen molar-refractivity contribution in [2.45, 2.75) is 30.1 Å². The maximum Gasteiger partial charge on any atom is 0.246 e. The minimum Gasteiger partial charge on any atom is -0.284 e. The molecular weight excluding hydrogens is 379 g/mol. The van der Waals surface area contributed by atoms with Crippen molar-refractivity contribution in [3.63, 3.8) is 0 Å². The van der Waals surface area contributed by atoms with Gasteiger partial charge in [-0.3, -0.25) is 10.1 Å². The summed E-state index contributed by atoms with van der Waals surface area (Å²) in [4.78, 5) is 4.92. The van der Waals surface area contributed by atoms with Crippen LogP contribution >= 0.6 is 0 Å². The summed E-state index contributed by atoms with van der Waals surface area (Å²) in [5, 5.41) is 6.31. The van der Waals surface area contributed by atoms with Gasteiger partial charge in [0, 0.05) is 43.0 Å².